The monoisotopic (exact) mass is 205 g/mol. The highest BCUT2D eigenvalue weighted by Gasteiger charge is 2.24. The van der Waals surface area contributed by atoms with Crippen LogP contribution in [0.1, 0.15) is 34.1 Å². The highest BCUT2D eigenvalue weighted by atomic mass is 32.2. The molecule has 0 spiro atoms. The molecule has 0 aromatic carbocycles. The van der Waals surface area contributed by atoms with Gasteiger partial charge in [-0.05, 0) is 26.2 Å². The fourth-order valence-corrected chi connectivity index (χ4v) is 5.20. The van der Waals surface area contributed by atoms with E-state index in [0.717, 1.165) is 10.5 Å². The Bertz CT molecular complexity index is 126. The molecule has 0 aromatic rings. The number of thioether (sulfide) groups is 2. The van der Waals surface area contributed by atoms with Gasteiger partial charge in [-0.3, -0.25) is 5.32 Å². The second-order valence-corrected chi connectivity index (χ2v) is 7.18. The zero-order chi connectivity index (χ0) is 9.14. The molecule has 1 fully saturated rings. The molecule has 12 heavy (non-hydrogen) atoms. The predicted octanol–water partition coefficient (Wildman–Crippen LogP) is 3.12. The Morgan fingerprint density at radius 2 is 1.67 bits per heavy atom. The van der Waals surface area contributed by atoms with Crippen LogP contribution in [-0.4, -0.2) is 15.3 Å². The first-order valence-electron chi connectivity index (χ1n) is 4.65. The molecule has 0 saturated carbocycles. The van der Waals surface area contributed by atoms with Crippen molar-refractivity contribution in [1.29, 1.82) is 0 Å². The van der Waals surface area contributed by atoms with Gasteiger partial charge in [0.2, 0.25) is 0 Å². The molecule has 1 heterocycles. The highest BCUT2D eigenvalue weighted by molar-refractivity contribution is 8.18. The average molecular weight is 205 g/mol. The van der Waals surface area contributed by atoms with Crippen molar-refractivity contribution in [3.63, 3.8) is 0 Å². The Balaban J connectivity index is 2.34. The zero-order valence-corrected chi connectivity index (χ0v) is 9.97. The van der Waals surface area contributed by atoms with Crippen LogP contribution in [0.25, 0.3) is 0 Å². The van der Waals surface area contributed by atoms with E-state index in [2.05, 4.69) is 56.5 Å². The van der Waals surface area contributed by atoms with Gasteiger partial charge in [0.15, 0.2) is 0 Å². The SMILES string of the molecule is CC(C)CC1S[C@H](C)N[C@@H](C)S1. The first kappa shape index (κ1) is 10.7. The van der Waals surface area contributed by atoms with Gasteiger partial charge < -0.3 is 0 Å². The van der Waals surface area contributed by atoms with E-state index in [1.807, 2.05) is 0 Å². The molecule has 1 rings (SSSR count). The van der Waals surface area contributed by atoms with Gasteiger partial charge in [-0.25, -0.2) is 0 Å². The van der Waals surface area contributed by atoms with E-state index in [1.54, 1.807) is 0 Å². The van der Waals surface area contributed by atoms with Gasteiger partial charge in [-0.1, -0.05) is 13.8 Å². The van der Waals surface area contributed by atoms with Gasteiger partial charge >= 0.3 is 0 Å². The highest BCUT2D eigenvalue weighted by Crippen LogP contribution is 2.37. The van der Waals surface area contributed by atoms with Crippen molar-refractivity contribution in [3.05, 3.63) is 0 Å². The van der Waals surface area contributed by atoms with Crippen LogP contribution in [0, 0.1) is 5.92 Å². The van der Waals surface area contributed by atoms with Crippen molar-refractivity contribution >= 4 is 23.5 Å². The molecule has 0 amide bonds. The maximum Gasteiger partial charge on any atom is 0.0536 e. The molecule has 0 radical (unpaired) electrons. The summed E-state index contributed by atoms with van der Waals surface area (Å²) in [5.74, 6) is 0.826. The molecule has 2 atom stereocenters. The van der Waals surface area contributed by atoms with E-state index < -0.39 is 0 Å². The summed E-state index contributed by atoms with van der Waals surface area (Å²) in [5, 5.41) is 4.77. The van der Waals surface area contributed by atoms with Gasteiger partial charge in [0, 0.05) is 0 Å². The molecule has 1 saturated heterocycles. The molecular formula is C9H19NS2. The lowest BCUT2D eigenvalue weighted by molar-refractivity contribution is 0.603. The van der Waals surface area contributed by atoms with E-state index in [-0.39, 0.29) is 0 Å². The predicted molar refractivity (Wildman–Crippen MR) is 60.5 cm³/mol. The summed E-state index contributed by atoms with van der Waals surface area (Å²) in [6.45, 7) is 9.12. The van der Waals surface area contributed by atoms with Gasteiger partial charge in [0.25, 0.3) is 0 Å². The molecule has 1 aliphatic rings. The van der Waals surface area contributed by atoms with Crippen molar-refractivity contribution in [3.8, 4) is 0 Å². The van der Waals surface area contributed by atoms with Crippen LogP contribution in [0.5, 0.6) is 0 Å². The van der Waals surface area contributed by atoms with Gasteiger partial charge in [0.05, 0.1) is 15.3 Å². The van der Waals surface area contributed by atoms with Crippen LogP contribution >= 0.6 is 23.5 Å². The van der Waals surface area contributed by atoms with Crippen LogP contribution in [0.4, 0.5) is 0 Å². The second-order valence-electron chi connectivity index (χ2n) is 3.78. The minimum atomic E-state index is 0.630. The third-order valence-electron chi connectivity index (χ3n) is 1.85. The van der Waals surface area contributed by atoms with Crippen molar-refractivity contribution in [2.45, 2.75) is 49.4 Å². The maximum absolute atomic E-state index is 3.51. The van der Waals surface area contributed by atoms with Gasteiger partial charge in [-0.15, -0.1) is 23.5 Å². The Kier molecular flexibility index (Phi) is 4.27. The molecule has 0 aromatic heterocycles. The summed E-state index contributed by atoms with van der Waals surface area (Å²) in [5.41, 5.74) is 0. The number of nitrogens with one attached hydrogen (secondary N) is 1. The summed E-state index contributed by atoms with van der Waals surface area (Å²) in [4.78, 5) is 0. The summed E-state index contributed by atoms with van der Waals surface area (Å²) in [6, 6.07) is 0. The number of hydrogen-bond acceptors (Lipinski definition) is 3. The standard InChI is InChI=1S/C9H19NS2/c1-6(2)5-9-11-7(3)10-8(4)12-9/h6-10H,5H2,1-4H3/t7-,8-/m1/s1. The minimum absolute atomic E-state index is 0.630. The van der Waals surface area contributed by atoms with Crippen LogP contribution < -0.4 is 5.32 Å². The summed E-state index contributed by atoms with van der Waals surface area (Å²) >= 11 is 4.14. The summed E-state index contributed by atoms with van der Waals surface area (Å²) in [6.07, 6.45) is 1.34. The smallest absolute Gasteiger partial charge is 0.0536 e. The average Bonchev–Trinajstić information content (AvgIpc) is 1.81. The van der Waals surface area contributed by atoms with Crippen LogP contribution in [0.15, 0.2) is 0 Å². The van der Waals surface area contributed by atoms with E-state index >= 15 is 0 Å². The fourth-order valence-electron chi connectivity index (χ4n) is 1.39. The Morgan fingerprint density at radius 1 is 1.17 bits per heavy atom. The largest absolute Gasteiger partial charge is 0.294 e. The quantitative estimate of drug-likeness (QED) is 0.744. The Morgan fingerprint density at radius 3 is 2.08 bits per heavy atom. The lowest BCUT2D eigenvalue weighted by Crippen LogP contribution is -2.37. The molecule has 0 unspecified atom stereocenters. The molecular weight excluding hydrogens is 186 g/mol. The summed E-state index contributed by atoms with van der Waals surface area (Å²) < 4.78 is 0.802. The molecule has 1 nitrogen and oxygen atoms in total. The van der Waals surface area contributed by atoms with Crippen LogP contribution in [0.2, 0.25) is 0 Å². The van der Waals surface area contributed by atoms with E-state index in [4.69, 9.17) is 0 Å². The Hall–Kier alpha value is 0.660. The van der Waals surface area contributed by atoms with Crippen molar-refractivity contribution in [2.75, 3.05) is 0 Å². The first-order valence-corrected chi connectivity index (χ1v) is 6.53. The zero-order valence-electron chi connectivity index (χ0n) is 8.33. The normalized spacial score (nSPS) is 37.2. The lowest BCUT2D eigenvalue weighted by atomic mass is 10.2. The van der Waals surface area contributed by atoms with Crippen LogP contribution in [-0.2, 0) is 0 Å². The minimum Gasteiger partial charge on any atom is -0.294 e. The fraction of sp³-hybridized carbons (Fsp3) is 1.00. The van der Waals surface area contributed by atoms with Gasteiger partial charge in [0.1, 0.15) is 0 Å². The number of hydrogen-bond donors (Lipinski definition) is 1. The van der Waals surface area contributed by atoms with Crippen molar-refractivity contribution in [1.82, 2.24) is 5.32 Å². The van der Waals surface area contributed by atoms with Crippen molar-refractivity contribution in [2.24, 2.45) is 5.92 Å². The number of rotatable bonds is 2. The topological polar surface area (TPSA) is 12.0 Å². The molecule has 0 aliphatic carbocycles. The first-order chi connectivity index (χ1) is 5.58. The third kappa shape index (κ3) is 3.58. The molecule has 3 heteroatoms. The third-order valence-corrected chi connectivity index (χ3v) is 4.59. The molecule has 1 aliphatic heterocycles. The van der Waals surface area contributed by atoms with E-state index in [0.29, 0.717) is 10.7 Å². The molecule has 0 bridgehead atoms. The van der Waals surface area contributed by atoms with Gasteiger partial charge in [-0.2, -0.15) is 0 Å². The van der Waals surface area contributed by atoms with E-state index in [1.165, 1.54) is 6.42 Å². The molecule has 72 valence electrons. The molecule has 1 N–H and O–H groups in total. The van der Waals surface area contributed by atoms with Crippen LogP contribution in [0.3, 0.4) is 0 Å². The second kappa shape index (κ2) is 4.77. The maximum atomic E-state index is 3.51. The summed E-state index contributed by atoms with van der Waals surface area (Å²) in [7, 11) is 0. The van der Waals surface area contributed by atoms with Crippen molar-refractivity contribution < 1.29 is 0 Å². The van der Waals surface area contributed by atoms with E-state index in [9.17, 15) is 0 Å². The lowest BCUT2D eigenvalue weighted by Gasteiger charge is -2.32. The Labute approximate surface area is 84.4 Å².